The van der Waals surface area contributed by atoms with Gasteiger partial charge in [-0.3, -0.25) is 4.79 Å². The van der Waals surface area contributed by atoms with E-state index in [1.165, 1.54) is 0 Å². The second kappa shape index (κ2) is 4.47. The van der Waals surface area contributed by atoms with Gasteiger partial charge in [-0.25, -0.2) is 0 Å². The molecule has 16 heavy (non-hydrogen) atoms. The minimum absolute atomic E-state index is 0.00943. The Morgan fingerprint density at radius 3 is 2.94 bits per heavy atom. The summed E-state index contributed by atoms with van der Waals surface area (Å²) in [6.45, 7) is 0. The number of carboxylic acids is 1. The van der Waals surface area contributed by atoms with Crippen LogP contribution in [-0.2, 0) is 10.4 Å². The Hall–Kier alpha value is -1.00. The van der Waals surface area contributed by atoms with Crippen LogP contribution < -0.4 is 0 Å². The van der Waals surface area contributed by atoms with Gasteiger partial charge in [0.25, 0.3) is 0 Å². The van der Waals surface area contributed by atoms with E-state index in [4.69, 9.17) is 5.11 Å². The minimum atomic E-state index is -0.958. The molecule has 1 unspecified atom stereocenters. The second-order valence-corrected chi connectivity index (χ2v) is 5.16. The van der Waals surface area contributed by atoms with E-state index in [2.05, 4.69) is 0 Å². The molecule has 1 aromatic rings. The number of fused-ring (bicyclic) bond motifs is 1. The van der Waals surface area contributed by atoms with Crippen LogP contribution in [0.25, 0.3) is 0 Å². The molecule has 0 amide bonds. The molecular weight excluding hydrogens is 224 g/mol. The van der Waals surface area contributed by atoms with Gasteiger partial charge >= 0.3 is 5.97 Å². The first-order valence-electron chi connectivity index (χ1n) is 5.28. The molecule has 0 saturated carbocycles. The van der Waals surface area contributed by atoms with Crippen LogP contribution >= 0.6 is 11.8 Å². The predicted molar refractivity (Wildman–Crippen MR) is 62.5 cm³/mol. The molecule has 1 atom stereocenters. The smallest absolute Gasteiger partial charge is 0.303 e. The molecular formula is C12H14O3S. The van der Waals surface area contributed by atoms with Crippen LogP contribution in [-0.4, -0.2) is 21.9 Å². The zero-order valence-electron chi connectivity index (χ0n) is 8.85. The lowest BCUT2D eigenvalue weighted by Gasteiger charge is -2.33. The molecule has 0 aliphatic carbocycles. The first kappa shape index (κ1) is 11.5. The largest absolute Gasteiger partial charge is 0.481 e. The molecule has 3 nitrogen and oxygen atoms in total. The minimum Gasteiger partial charge on any atom is -0.481 e. The predicted octanol–water partition coefficient (Wildman–Crippen LogP) is 2.23. The third kappa shape index (κ3) is 2.23. The van der Waals surface area contributed by atoms with E-state index in [-0.39, 0.29) is 6.42 Å². The molecule has 2 N–H and O–H groups in total. The molecule has 86 valence electrons. The molecule has 0 fully saturated rings. The van der Waals surface area contributed by atoms with Crippen molar-refractivity contribution in [2.24, 2.45) is 0 Å². The summed E-state index contributed by atoms with van der Waals surface area (Å²) in [5.41, 5.74) is -0.0762. The van der Waals surface area contributed by atoms with E-state index in [1.54, 1.807) is 11.8 Å². The van der Waals surface area contributed by atoms with Crippen LogP contribution in [0.15, 0.2) is 29.2 Å². The quantitative estimate of drug-likeness (QED) is 0.848. The molecule has 4 heteroatoms. The van der Waals surface area contributed by atoms with Crippen molar-refractivity contribution in [3.63, 3.8) is 0 Å². The first-order valence-corrected chi connectivity index (χ1v) is 6.27. The third-order valence-electron chi connectivity index (χ3n) is 2.91. The van der Waals surface area contributed by atoms with E-state index >= 15 is 0 Å². The average Bonchev–Trinajstić information content (AvgIpc) is 2.27. The van der Waals surface area contributed by atoms with E-state index in [0.717, 1.165) is 16.2 Å². The summed E-state index contributed by atoms with van der Waals surface area (Å²) in [6, 6.07) is 7.69. The van der Waals surface area contributed by atoms with E-state index in [9.17, 15) is 9.90 Å². The summed E-state index contributed by atoms with van der Waals surface area (Å²) in [5.74, 6) is -0.0169. The highest BCUT2D eigenvalue weighted by Gasteiger charge is 2.34. The van der Waals surface area contributed by atoms with Crippen molar-refractivity contribution >= 4 is 17.7 Å². The Kier molecular flexibility index (Phi) is 3.21. The van der Waals surface area contributed by atoms with Crippen molar-refractivity contribution in [1.29, 1.82) is 0 Å². The first-order chi connectivity index (χ1) is 7.62. The molecule has 0 bridgehead atoms. The SMILES string of the molecule is O=C(O)CCC1(O)CCSc2ccccc21. The number of hydrogen-bond acceptors (Lipinski definition) is 3. The normalized spacial score (nSPS) is 23.8. The molecule has 1 aliphatic heterocycles. The maximum absolute atomic E-state index is 10.6. The number of rotatable bonds is 3. The second-order valence-electron chi connectivity index (χ2n) is 4.02. The van der Waals surface area contributed by atoms with Crippen LogP contribution in [0.3, 0.4) is 0 Å². The Bertz CT molecular complexity index is 405. The van der Waals surface area contributed by atoms with Crippen LogP contribution in [0.1, 0.15) is 24.8 Å². The average molecular weight is 238 g/mol. The van der Waals surface area contributed by atoms with Gasteiger partial charge in [-0.1, -0.05) is 18.2 Å². The summed E-state index contributed by atoms with van der Waals surface area (Å²) in [4.78, 5) is 11.7. The summed E-state index contributed by atoms with van der Waals surface area (Å²) in [6.07, 6.45) is 0.928. The third-order valence-corrected chi connectivity index (χ3v) is 3.99. The molecule has 2 rings (SSSR count). The summed E-state index contributed by atoms with van der Waals surface area (Å²) < 4.78 is 0. The molecule has 0 saturated heterocycles. The fourth-order valence-corrected chi connectivity index (χ4v) is 3.26. The number of aliphatic carboxylic acids is 1. The van der Waals surface area contributed by atoms with Crippen LogP contribution in [0.2, 0.25) is 0 Å². The van der Waals surface area contributed by atoms with Crippen molar-refractivity contribution in [2.45, 2.75) is 29.8 Å². The summed E-state index contributed by atoms with van der Waals surface area (Å²) >= 11 is 1.72. The molecule has 1 heterocycles. The summed E-state index contributed by atoms with van der Waals surface area (Å²) in [7, 11) is 0. The van der Waals surface area contributed by atoms with Gasteiger partial charge in [-0.15, -0.1) is 11.8 Å². The van der Waals surface area contributed by atoms with E-state index < -0.39 is 11.6 Å². The number of aliphatic hydroxyl groups is 1. The number of thioether (sulfide) groups is 1. The molecule has 1 aromatic carbocycles. The fraction of sp³-hybridized carbons (Fsp3) is 0.417. The van der Waals surface area contributed by atoms with Crippen LogP contribution in [0.4, 0.5) is 0 Å². The Balaban J connectivity index is 2.25. The Morgan fingerprint density at radius 2 is 2.19 bits per heavy atom. The lowest BCUT2D eigenvalue weighted by molar-refractivity contribution is -0.138. The standard InChI is InChI=1S/C12H14O3S/c13-11(14)5-6-12(15)7-8-16-10-4-2-1-3-9(10)12/h1-4,15H,5-8H2,(H,13,14). The van der Waals surface area contributed by atoms with Gasteiger partial charge in [0, 0.05) is 17.1 Å². The summed E-state index contributed by atoms with van der Waals surface area (Å²) in [5, 5.41) is 19.2. The van der Waals surface area contributed by atoms with Gasteiger partial charge in [-0.05, 0) is 24.5 Å². The highest BCUT2D eigenvalue weighted by Crippen LogP contribution is 2.42. The van der Waals surface area contributed by atoms with Gasteiger partial charge < -0.3 is 10.2 Å². The zero-order valence-corrected chi connectivity index (χ0v) is 9.67. The number of benzene rings is 1. The fourth-order valence-electron chi connectivity index (χ4n) is 2.01. The van der Waals surface area contributed by atoms with Gasteiger partial charge in [-0.2, -0.15) is 0 Å². The number of carbonyl (C=O) groups is 1. The lowest BCUT2D eigenvalue weighted by atomic mass is 9.86. The topological polar surface area (TPSA) is 57.5 Å². The van der Waals surface area contributed by atoms with Crippen molar-refractivity contribution in [2.75, 3.05) is 5.75 Å². The maximum Gasteiger partial charge on any atom is 0.303 e. The van der Waals surface area contributed by atoms with Crippen molar-refractivity contribution in [3.05, 3.63) is 29.8 Å². The highest BCUT2D eigenvalue weighted by atomic mass is 32.2. The van der Waals surface area contributed by atoms with Gasteiger partial charge in [0.1, 0.15) is 0 Å². The van der Waals surface area contributed by atoms with Gasteiger partial charge in [0.2, 0.25) is 0 Å². The number of hydrogen-bond donors (Lipinski definition) is 2. The van der Waals surface area contributed by atoms with Crippen LogP contribution in [0.5, 0.6) is 0 Å². The van der Waals surface area contributed by atoms with Gasteiger partial charge in [0.15, 0.2) is 0 Å². The number of carboxylic acid groups (broad SMARTS) is 1. The zero-order chi connectivity index (χ0) is 11.6. The Labute approximate surface area is 98.5 Å². The van der Waals surface area contributed by atoms with Crippen LogP contribution in [0, 0.1) is 0 Å². The highest BCUT2D eigenvalue weighted by molar-refractivity contribution is 7.99. The maximum atomic E-state index is 10.6. The molecule has 0 aromatic heterocycles. The monoisotopic (exact) mass is 238 g/mol. The lowest BCUT2D eigenvalue weighted by Crippen LogP contribution is -2.30. The van der Waals surface area contributed by atoms with E-state index in [0.29, 0.717) is 12.8 Å². The molecule has 0 radical (unpaired) electrons. The van der Waals surface area contributed by atoms with Crippen molar-refractivity contribution in [3.8, 4) is 0 Å². The van der Waals surface area contributed by atoms with E-state index in [1.807, 2.05) is 24.3 Å². The molecule has 0 spiro atoms. The Morgan fingerprint density at radius 1 is 1.44 bits per heavy atom. The molecule has 1 aliphatic rings. The van der Waals surface area contributed by atoms with Crippen molar-refractivity contribution < 1.29 is 15.0 Å². The van der Waals surface area contributed by atoms with Crippen molar-refractivity contribution in [1.82, 2.24) is 0 Å². The van der Waals surface area contributed by atoms with Gasteiger partial charge in [0.05, 0.1) is 5.60 Å².